The maximum absolute atomic E-state index is 13.5. The molecule has 0 aliphatic rings. The molecule has 106 valence electrons. The smallest absolute Gasteiger partial charge is 0.373 e. The predicted molar refractivity (Wildman–Crippen MR) is 63.5 cm³/mol. The standard InChI is InChI=1S/C11H11F4NO2S/c1-10(18,11(13,14)15)9(17)16-8-4-3-6(19-2)5-7(8)12/h3-5,18H,1-2H3,(H,16,17)/t10-/m1/s1. The maximum atomic E-state index is 13.5. The van der Waals surface area contributed by atoms with Crippen LogP contribution in [0.3, 0.4) is 0 Å². The Morgan fingerprint density at radius 1 is 1.37 bits per heavy atom. The molecule has 0 saturated heterocycles. The lowest BCUT2D eigenvalue weighted by molar-refractivity contribution is -0.242. The maximum Gasteiger partial charge on any atom is 0.426 e. The number of alkyl halides is 3. The third-order valence-electron chi connectivity index (χ3n) is 2.42. The minimum absolute atomic E-state index is 0.302. The molecule has 1 atom stereocenters. The summed E-state index contributed by atoms with van der Waals surface area (Å²) in [4.78, 5) is 11.9. The molecule has 1 aromatic carbocycles. The molecule has 3 nitrogen and oxygen atoms in total. The molecular formula is C11H11F4NO2S. The van der Waals surface area contributed by atoms with E-state index < -0.39 is 29.2 Å². The molecule has 2 N–H and O–H groups in total. The number of benzene rings is 1. The number of carbonyl (C=O) groups is 1. The van der Waals surface area contributed by atoms with Crippen molar-refractivity contribution in [2.75, 3.05) is 11.6 Å². The van der Waals surface area contributed by atoms with E-state index in [1.165, 1.54) is 17.8 Å². The van der Waals surface area contributed by atoms with Crippen LogP contribution < -0.4 is 5.32 Å². The number of halogens is 4. The van der Waals surface area contributed by atoms with E-state index >= 15 is 0 Å². The Morgan fingerprint density at radius 3 is 2.37 bits per heavy atom. The van der Waals surface area contributed by atoms with Gasteiger partial charge in [0.1, 0.15) is 5.82 Å². The van der Waals surface area contributed by atoms with Gasteiger partial charge in [-0.25, -0.2) is 4.39 Å². The molecule has 19 heavy (non-hydrogen) atoms. The molecule has 1 amide bonds. The predicted octanol–water partition coefficient (Wildman–Crippen LogP) is 2.80. The van der Waals surface area contributed by atoms with Crippen LogP contribution in [0.15, 0.2) is 23.1 Å². The van der Waals surface area contributed by atoms with E-state index in [1.54, 1.807) is 11.6 Å². The van der Waals surface area contributed by atoms with Crippen molar-refractivity contribution in [3.05, 3.63) is 24.0 Å². The molecule has 0 saturated carbocycles. The van der Waals surface area contributed by atoms with Crippen molar-refractivity contribution >= 4 is 23.4 Å². The lowest BCUT2D eigenvalue weighted by Crippen LogP contribution is -2.52. The lowest BCUT2D eigenvalue weighted by atomic mass is 10.1. The second-order valence-corrected chi connectivity index (χ2v) is 4.75. The molecule has 0 radical (unpaired) electrons. The fourth-order valence-corrected chi connectivity index (χ4v) is 1.52. The highest BCUT2D eigenvalue weighted by Crippen LogP contribution is 2.31. The van der Waals surface area contributed by atoms with Gasteiger partial charge in [0.15, 0.2) is 0 Å². The second kappa shape index (κ2) is 5.38. The average molecular weight is 297 g/mol. The monoisotopic (exact) mass is 297 g/mol. The molecule has 0 fully saturated rings. The fraction of sp³-hybridized carbons (Fsp3) is 0.364. The summed E-state index contributed by atoms with van der Waals surface area (Å²) in [6.07, 6.45) is -3.45. The van der Waals surface area contributed by atoms with Crippen molar-refractivity contribution < 1.29 is 27.5 Å². The highest BCUT2D eigenvalue weighted by atomic mass is 32.2. The summed E-state index contributed by atoms with van der Waals surface area (Å²) in [5.41, 5.74) is -4.01. The van der Waals surface area contributed by atoms with Gasteiger partial charge in [-0.3, -0.25) is 4.79 Å². The summed E-state index contributed by atoms with van der Waals surface area (Å²) in [5, 5.41) is 10.8. The molecule has 0 aromatic heterocycles. The van der Waals surface area contributed by atoms with Gasteiger partial charge in [0.25, 0.3) is 5.91 Å². The minimum atomic E-state index is -5.15. The van der Waals surface area contributed by atoms with Gasteiger partial charge < -0.3 is 10.4 Å². The number of anilines is 1. The third kappa shape index (κ3) is 3.38. The van der Waals surface area contributed by atoms with Gasteiger partial charge in [-0.05, 0) is 31.4 Å². The highest BCUT2D eigenvalue weighted by Gasteiger charge is 2.55. The lowest BCUT2D eigenvalue weighted by Gasteiger charge is -2.24. The number of carbonyl (C=O) groups excluding carboxylic acids is 1. The first kappa shape index (κ1) is 15.8. The summed E-state index contributed by atoms with van der Waals surface area (Å²) in [5.74, 6) is -2.62. The van der Waals surface area contributed by atoms with E-state index in [9.17, 15) is 22.4 Å². The Hall–Kier alpha value is -1.28. The van der Waals surface area contributed by atoms with Crippen LogP contribution in [0.2, 0.25) is 0 Å². The van der Waals surface area contributed by atoms with Crippen LogP contribution in [-0.4, -0.2) is 29.0 Å². The van der Waals surface area contributed by atoms with E-state index in [2.05, 4.69) is 0 Å². The molecule has 0 aliphatic carbocycles. The van der Waals surface area contributed by atoms with Crippen molar-refractivity contribution in [2.24, 2.45) is 0 Å². The van der Waals surface area contributed by atoms with Crippen LogP contribution in [-0.2, 0) is 4.79 Å². The Balaban J connectivity index is 2.95. The third-order valence-corrected chi connectivity index (χ3v) is 3.14. The second-order valence-electron chi connectivity index (χ2n) is 3.87. The first-order valence-electron chi connectivity index (χ1n) is 5.03. The average Bonchev–Trinajstić information content (AvgIpc) is 2.30. The van der Waals surface area contributed by atoms with Gasteiger partial charge in [-0.2, -0.15) is 13.2 Å². The molecule has 0 spiro atoms. The molecule has 0 unspecified atom stereocenters. The van der Waals surface area contributed by atoms with Crippen LogP contribution in [0.25, 0.3) is 0 Å². The van der Waals surface area contributed by atoms with Crippen LogP contribution in [0.1, 0.15) is 6.92 Å². The Morgan fingerprint density at radius 2 is 1.95 bits per heavy atom. The summed E-state index contributed by atoms with van der Waals surface area (Å²) >= 11 is 1.24. The van der Waals surface area contributed by atoms with E-state index in [-0.39, 0.29) is 0 Å². The van der Waals surface area contributed by atoms with Crippen molar-refractivity contribution in [1.29, 1.82) is 0 Å². The van der Waals surface area contributed by atoms with Crippen LogP contribution in [0.4, 0.5) is 23.2 Å². The molecular weight excluding hydrogens is 286 g/mol. The van der Waals surface area contributed by atoms with Gasteiger partial charge >= 0.3 is 6.18 Å². The van der Waals surface area contributed by atoms with Crippen molar-refractivity contribution in [3.63, 3.8) is 0 Å². The molecule has 8 heteroatoms. The van der Waals surface area contributed by atoms with E-state index in [4.69, 9.17) is 5.11 Å². The number of aliphatic hydroxyl groups is 1. The zero-order chi connectivity index (χ0) is 14.8. The van der Waals surface area contributed by atoms with Crippen LogP contribution in [0, 0.1) is 5.82 Å². The summed E-state index contributed by atoms with van der Waals surface area (Å²) < 4.78 is 50.7. The fourth-order valence-electron chi connectivity index (χ4n) is 1.10. The Bertz CT molecular complexity index is 488. The van der Waals surface area contributed by atoms with Gasteiger partial charge in [-0.1, -0.05) is 0 Å². The zero-order valence-corrected chi connectivity index (χ0v) is 10.8. The van der Waals surface area contributed by atoms with Crippen molar-refractivity contribution in [1.82, 2.24) is 0 Å². The Kier molecular flexibility index (Phi) is 4.46. The summed E-state index contributed by atoms with van der Waals surface area (Å²) in [7, 11) is 0. The van der Waals surface area contributed by atoms with Gasteiger partial charge in [0.2, 0.25) is 5.60 Å². The van der Waals surface area contributed by atoms with Gasteiger partial charge in [-0.15, -0.1) is 11.8 Å². The molecule has 1 rings (SSSR count). The largest absolute Gasteiger partial charge is 0.426 e. The number of hydrogen-bond donors (Lipinski definition) is 2. The number of hydrogen-bond acceptors (Lipinski definition) is 3. The number of thioether (sulfide) groups is 1. The number of nitrogens with one attached hydrogen (secondary N) is 1. The SMILES string of the molecule is CSc1ccc(NC(=O)[C@@](C)(O)C(F)(F)F)c(F)c1. The minimum Gasteiger partial charge on any atom is -0.373 e. The highest BCUT2D eigenvalue weighted by molar-refractivity contribution is 7.98. The summed E-state index contributed by atoms with van der Waals surface area (Å²) in [6.45, 7) is 0.302. The topological polar surface area (TPSA) is 49.3 Å². The van der Waals surface area contributed by atoms with E-state index in [0.29, 0.717) is 11.8 Å². The molecule has 0 aliphatic heterocycles. The van der Waals surface area contributed by atoms with E-state index in [1.807, 2.05) is 0 Å². The number of amides is 1. The van der Waals surface area contributed by atoms with Crippen molar-refractivity contribution in [3.8, 4) is 0 Å². The molecule has 0 heterocycles. The first-order chi connectivity index (χ1) is 8.59. The normalized spacial score (nSPS) is 14.9. The van der Waals surface area contributed by atoms with Gasteiger partial charge in [0, 0.05) is 4.90 Å². The summed E-state index contributed by atoms with van der Waals surface area (Å²) in [6, 6.07) is 3.64. The Labute approximate surface area is 111 Å². The number of rotatable bonds is 3. The van der Waals surface area contributed by atoms with Crippen LogP contribution >= 0.6 is 11.8 Å². The van der Waals surface area contributed by atoms with Gasteiger partial charge in [0.05, 0.1) is 5.69 Å². The van der Waals surface area contributed by atoms with Crippen LogP contribution in [0.5, 0.6) is 0 Å². The first-order valence-corrected chi connectivity index (χ1v) is 6.26. The zero-order valence-electron chi connectivity index (χ0n) is 10.0. The molecule has 1 aromatic rings. The van der Waals surface area contributed by atoms with E-state index in [0.717, 1.165) is 12.1 Å². The quantitative estimate of drug-likeness (QED) is 0.666. The van der Waals surface area contributed by atoms with Crippen molar-refractivity contribution in [2.45, 2.75) is 23.6 Å². The molecule has 0 bridgehead atoms.